The van der Waals surface area contributed by atoms with Gasteiger partial charge in [-0.1, -0.05) is 45.7 Å². The minimum absolute atomic E-state index is 0.113. The van der Waals surface area contributed by atoms with Gasteiger partial charge in [-0.25, -0.2) is 9.97 Å². The van der Waals surface area contributed by atoms with Crippen LogP contribution in [0.25, 0.3) is 0 Å². The molecule has 0 bridgehead atoms. The smallest absolute Gasteiger partial charge is 0.353 e. The zero-order valence-electron chi connectivity index (χ0n) is 13.3. The highest BCUT2D eigenvalue weighted by atomic mass is 79.9. The molecule has 0 radical (unpaired) electrons. The van der Waals surface area contributed by atoms with E-state index in [1.807, 2.05) is 24.3 Å². The first kappa shape index (κ1) is 18.1. The second kappa shape index (κ2) is 8.11. The van der Waals surface area contributed by atoms with Crippen LogP contribution in [0.1, 0.15) is 5.56 Å². The molecule has 7 nitrogen and oxygen atoms in total. The molecule has 0 aliphatic carbocycles. The van der Waals surface area contributed by atoms with Crippen molar-refractivity contribution in [3.63, 3.8) is 0 Å². The number of nitrogens with one attached hydrogen (secondary N) is 2. The zero-order valence-corrected chi connectivity index (χ0v) is 15.7. The number of anilines is 3. The van der Waals surface area contributed by atoms with Crippen molar-refractivity contribution < 1.29 is 4.92 Å². The molecule has 2 N–H and O–H groups in total. The summed E-state index contributed by atoms with van der Waals surface area (Å²) in [5.41, 5.74) is 1.37. The van der Waals surface area contributed by atoms with Crippen molar-refractivity contribution in [1.29, 1.82) is 0 Å². The monoisotopic (exact) mass is 433 g/mol. The third-order valence-electron chi connectivity index (χ3n) is 3.47. The van der Waals surface area contributed by atoms with Crippen LogP contribution in [0.2, 0.25) is 5.02 Å². The predicted molar refractivity (Wildman–Crippen MR) is 105 cm³/mol. The molecule has 3 rings (SSSR count). The van der Waals surface area contributed by atoms with Crippen LogP contribution in [0.3, 0.4) is 0 Å². The summed E-state index contributed by atoms with van der Waals surface area (Å²) >= 11 is 9.23. The lowest BCUT2D eigenvalue weighted by atomic mass is 10.2. The van der Waals surface area contributed by atoms with E-state index in [4.69, 9.17) is 11.6 Å². The van der Waals surface area contributed by atoms with Crippen LogP contribution in [0.4, 0.5) is 23.0 Å². The molecule has 2 aromatic carbocycles. The molecule has 0 aliphatic heterocycles. The number of hydrogen-bond acceptors (Lipinski definition) is 6. The standard InChI is InChI=1S/C17H13BrClN5O2/c18-12-2-1-3-14(8-12)23-17-15(24(25)26)16(21-10-22-17)20-9-11-4-6-13(19)7-5-11/h1-8,10H,9H2,(H2,20,21,22,23). The first-order valence-electron chi connectivity index (χ1n) is 7.53. The lowest BCUT2D eigenvalue weighted by molar-refractivity contribution is -0.383. The summed E-state index contributed by atoms with van der Waals surface area (Å²) in [5.74, 6) is 0.249. The van der Waals surface area contributed by atoms with Crippen molar-refractivity contribution in [2.75, 3.05) is 10.6 Å². The molecule has 0 saturated heterocycles. The highest BCUT2D eigenvalue weighted by Crippen LogP contribution is 2.32. The summed E-state index contributed by atoms with van der Waals surface area (Å²) in [5, 5.41) is 18.1. The molecule has 1 heterocycles. The van der Waals surface area contributed by atoms with Crippen molar-refractivity contribution in [3.8, 4) is 0 Å². The van der Waals surface area contributed by atoms with Gasteiger partial charge in [0.15, 0.2) is 0 Å². The van der Waals surface area contributed by atoms with Crippen LogP contribution in [-0.4, -0.2) is 14.9 Å². The Kier molecular flexibility index (Phi) is 5.65. The Morgan fingerprint density at radius 1 is 1.12 bits per heavy atom. The van der Waals surface area contributed by atoms with Crippen LogP contribution in [0.5, 0.6) is 0 Å². The molecule has 132 valence electrons. The number of benzene rings is 2. The summed E-state index contributed by atoms with van der Waals surface area (Å²) in [7, 11) is 0. The lowest BCUT2D eigenvalue weighted by Gasteiger charge is -2.10. The van der Waals surface area contributed by atoms with Crippen LogP contribution in [0.15, 0.2) is 59.3 Å². The van der Waals surface area contributed by atoms with E-state index in [9.17, 15) is 10.1 Å². The Labute approximate surface area is 162 Å². The van der Waals surface area contributed by atoms with E-state index in [2.05, 4.69) is 36.5 Å². The van der Waals surface area contributed by atoms with Gasteiger partial charge in [0.05, 0.1) is 4.92 Å². The molecule has 3 aromatic rings. The van der Waals surface area contributed by atoms with Gasteiger partial charge < -0.3 is 10.6 Å². The number of nitro groups is 1. The van der Waals surface area contributed by atoms with Crippen molar-refractivity contribution in [2.24, 2.45) is 0 Å². The van der Waals surface area contributed by atoms with E-state index in [0.717, 1.165) is 10.0 Å². The van der Waals surface area contributed by atoms with E-state index in [1.54, 1.807) is 24.3 Å². The summed E-state index contributed by atoms with van der Waals surface area (Å²) in [6.45, 7) is 0.366. The SMILES string of the molecule is O=[N+]([O-])c1c(NCc2ccc(Cl)cc2)ncnc1Nc1cccc(Br)c1. The van der Waals surface area contributed by atoms with Gasteiger partial charge in [0.25, 0.3) is 0 Å². The molecular weight excluding hydrogens is 422 g/mol. The van der Waals surface area contributed by atoms with Gasteiger partial charge in [-0.2, -0.15) is 0 Å². The zero-order chi connectivity index (χ0) is 18.5. The summed E-state index contributed by atoms with van der Waals surface area (Å²) < 4.78 is 0.847. The van der Waals surface area contributed by atoms with E-state index in [0.29, 0.717) is 17.3 Å². The Hall–Kier alpha value is -2.71. The predicted octanol–water partition coefficient (Wildman–Crippen LogP) is 5.16. The van der Waals surface area contributed by atoms with E-state index >= 15 is 0 Å². The molecule has 0 unspecified atom stereocenters. The van der Waals surface area contributed by atoms with Crippen molar-refractivity contribution >= 4 is 50.5 Å². The quantitative estimate of drug-likeness (QED) is 0.411. The first-order chi connectivity index (χ1) is 12.5. The molecule has 0 fully saturated rings. The topological polar surface area (TPSA) is 93.0 Å². The van der Waals surface area contributed by atoms with Gasteiger partial charge in [0.1, 0.15) is 6.33 Å². The van der Waals surface area contributed by atoms with Crippen molar-refractivity contribution in [2.45, 2.75) is 6.54 Å². The van der Waals surface area contributed by atoms with Gasteiger partial charge in [-0.3, -0.25) is 10.1 Å². The fraction of sp³-hybridized carbons (Fsp3) is 0.0588. The number of halogens is 2. The number of hydrogen-bond donors (Lipinski definition) is 2. The fourth-order valence-electron chi connectivity index (χ4n) is 2.26. The van der Waals surface area contributed by atoms with Gasteiger partial charge in [-0.15, -0.1) is 0 Å². The maximum Gasteiger partial charge on any atom is 0.353 e. The molecular formula is C17H13BrClN5O2. The minimum Gasteiger partial charge on any atom is -0.360 e. The summed E-state index contributed by atoms with van der Waals surface area (Å²) in [6.07, 6.45) is 1.28. The van der Waals surface area contributed by atoms with E-state index in [1.165, 1.54) is 6.33 Å². The second-order valence-corrected chi connectivity index (χ2v) is 6.64. The Balaban J connectivity index is 1.85. The van der Waals surface area contributed by atoms with Crippen molar-refractivity contribution in [1.82, 2.24) is 9.97 Å². The summed E-state index contributed by atoms with van der Waals surface area (Å²) in [6, 6.07) is 14.5. The molecule has 0 aliphatic rings. The van der Waals surface area contributed by atoms with Gasteiger partial charge in [0, 0.05) is 21.7 Å². The molecule has 0 spiro atoms. The van der Waals surface area contributed by atoms with Crippen LogP contribution in [-0.2, 0) is 6.54 Å². The second-order valence-electron chi connectivity index (χ2n) is 5.29. The minimum atomic E-state index is -0.509. The van der Waals surface area contributed by atoms with E-state index < -0.39 is 4.92 Å². The Bertz CT molecular complexity index is 937. The third-order valence-corrected chi connectivity index (χ3v) is 4.21. The lowest BCUT2D eigenvalue weighted by Crippen LogP contribution is -2.08. The Morgan fingerprint density at radius 3 is 2.54 bits per heavy atom. The highest BCUT2D eigenvalue weighted by Gasteiger charge is 2.23. The molecule has 9 heteroatoms. The van der Waals surface area contributed by atoms with Gasteiger partial charge in [0.2, 0.25) is 11.6 Å². The number of rotatable bonds is 6. The van der Waals surface area contributed by atoms with Crippen LogP contribution >= 0.6 is 27.5 Å². The molecule has 1 aromatic heterocycles. The number of nitrogens with zero attached hydrogens (tertiary/aromatic N) is 3. The fourth-order valence-corrected chi connectivity index (χ4v) is 2.79. The number of aromatic nitrogens is 2. The maximum atomic E-state index is 11.6. The van der Waals surface area contributed by atoms with Crippen LogP contribution < -0.4 is 10.6 Å². The van der Waals surface area contributed by atoms with Gasteiger partial charge in [-0.05, 0) is 35.9 Å². The van der Waals surface area contributed by atoms with E-state index in [-0.39, 0.29) is 17.3 Å². The largest absolute Gasteiger partial charge is 0.360 e. The highest BCUT2D eigenvalue weighted by molar-refractivity contribution is 9.10. The molecule has 0 saturated carbocycles. The molecule has 0 amide bonds. The summed E-state index contributed by atoms with van der Waals surface area (Å²) in [4.78, 5) is 19.1. The Morgan fingerprint density at radius 2 is 1.85 bits per heavy atom. The molecule has 0 atom stereocenters. The van der Waals surface area contributed by atoms with Crippen LogP contribution in [0, 0.1) is 10.1 Å². The maximum absolute atomic E-state index is 11.6. The average molecular weight is 435 g/mol. The third kappa shape index (κ3) is 4.47. The average Bonchev–Trinajstić information content (AvgIpc) is 2.61. The first-order valence-corrected chi connectivity index (χ1v) is 8.70. The van der Waals surface area contributed by atoms with Crippen molar-refractivity contribution in [3.05, 3.63) is 80.0 Å². The normalized spacial score (nSPS) is 10.4. The molecule has 26 heavy (non-hydrogen) atoms. The van der Waals surface area contributed by atoms with Gasteiger partial charge >= 0.3 is 5.69 Å².